The van der Waals surface area contributed by atoms with E-state index in [0.717, 1.165) is 29.3 Å². The van der Waals surface area contributed by atoms with Gasteiger partial charge in [0, 0.05) is 34.8 Å². The van der Waals surface area contributed by atoms with Gasteiger partial charge in [-0.1, -0.05) is 43.1 Å². The fraction of sp³-hybridized carbons (Fsp3) is 0.280. The molecule has 1 amide bonds. The number of unbranched alkanes of at least 4 members (excludes halogenated alkanes) is 1. The Morgan fingerprint density at radius 1 is 1.19 bits per heavy atom. The molecule has 4 rings (SSSR count). The Kier molecular flexibility index (Phi) is 6.24. The second-order valence-electron chi connectivity index (χ2n) is 7.71. The summed E-state index contributed by atoms with van der Waals surface area (Å²) in [5, 5.41) is 12.6. The number of ether oxygens (including phenoxy) is 1. The first-order valence-electron chi connectivity index (χ1n) is 10.7. The number of hydrogen-bond donors (Lipinski definition) is 2. The number of aliphatic hydroxyl groups excluding tert-OH is 1. The Morgan fingerprint density at radius 3 is 2.72 bits per heavy atom. The Bertz CT molecular complexity index is 1210. The Hall–Kier alpha value is -3.25. The smallest absolute Gasteiger partial charge is 0.295 e. The normalized spacial score (nSPS) is 18.0. The van der Waals surface area contributed by atoms with E-state index in [4.69, 9.17) is 16.3 Å². The number of rotatable bonds is 7. The van der Waals surface area contributed by atoms with Crippen molar-refractivity contribution < 1.29 is 19.4 Å². The molecule has 1 atom stereocenters. The molecular formula is C25H25ClN2O4. The number of aromatic amines is 1. The third kappa shape index (κ3) is 3.75. The van der Waals surface area contributed by atoms with Crippen molar-refractivity contribution in [3.8, 4) is 5.75 Å². The number of aliphatic hydroxyl groups is 1. The monoisotopic (exact) mass is 452 g/mol. The zero-order chi connectivity index (χ0) is 22.8. The van der Waals surface area contributed by atoms with Gasteiger partial charge >= 0.3 is 0 Å². The van der Waals surface area contributed by atoms with Gasteiger partial charge in [0.2, 0.25) is 0 Å². The molecule has 6 nitrogen and oxygen atoms in total. The van der Waals surface area contributed by atoms with E-state index in [2.05, 4.69) is 4.98 Å². The first kappa shape index (κ1) is 22.0. The van der Waals surface area contributed by atoms with Crippen molar-refractivity contribution in [2.45, 2.75) is 32.7 Å². The largest absolute Gasteiger partial charge is 0.507 e. The van der Waals surface area contributed by atoms with Crippen LogP contribution in [-0.2, 0) is 9.59 Å². The van der Waals surface area contributed by atoms with E-state index < -0.39 is 17.7 Å². The second kappa shape index (κ2) is 9.09. The third-order valence-corrected chi connectivity index (χ3v) is 6.03. The van der Waals surface area contributed by atoms with E-state index >= 15 is 0 Å². The number of Topliss-reactive ketones (excluding diaryl/α,β-unsaturated/α-hetero) is 1. The van der Waals surface area contributed by atoms with Crippen LogP contribution in [0.3, 0.4) is 0 Å². The van der Waals surface area contributed by atoms with Crippen LogP contribution >= 0.6 is 11.6 Å². The lowest BCUT2D eigenvalue weighted by Gasteiger charge is -2.24. The van der Waals surface area contributed by atoms with E-state index in [-0.39, 0.29) is 11.3 Å². The molecule has 2 aromatic carbocycles. The van der Waals surface area contributed by atoms with Gasteiger partial charge in [0.25, 0.3) is 11.7 Å². The molecule has 2 N–H and O–H groups in total. The molecule has 1 unspecified atom stereocenters. The zero-order valence-corrected chi connectivity index (χ0v) is 18.8. The predicted molar refractivity (Wildman–Crippen MR) is 125 cm³/mol. The summed E-state index contributed by atoms with van der Waals surface area (Å²) in [6.45, 7) is 4.69. The highest BCUT2D eigenvalue weighted by Crippen LogP contribution is 2.42. The van der Waals surface area contributed by atoms with Gasteiger partial charge in [0.15, 0.2) is 0 Å². The molecule has 0 radical (unpaired) electrons. The summed E-state index contributed by atoms with van der Waals surface area (Å²) < 4.78 is 5.54. The Labute approximate surface area is 191 Å². The first-order valence-corrected chi connectivity index (χ1v) is 11.1. The van der Waals surface area contributed by atoms with Gasteiger partial charge in [-0.3, -0.25) is 9.59 Å². The molecule has 1 fully saturated rings. The number of hydrogen-bond acceptors (Lipinski definition) is 4. The number of amides is 1. The van der Waals surface area contributed by atoms with E-state index in [0.29, 0.717) is 29.5 Å². The van der Waals surface area contributed by atoms with Crippen LogP contribution in [0.25, 0.3) is 16.7 Å². The minimum atomic E-state index is -0.693. The van der Waals surface area contributed by atoms with Crippen LogP contribution in [0.1, 0.15) is 43.9 Å². The molecule has 3 aromatic rings. The van der Waals surface area contributed by atoms with Crippen molar-refractivity contribution in [3.05, 3.63) is 70.4 Å². The highest BCUT2D eigenvalue weighted by atomic mass is 35.5. The van der Waals surface area contributed by atoms with Crippen LogP contribution < -0.4 is 4.74 Å². The lowest BCUT2D eigenvalue weighted by molar-refractivity contribution is -0.139. The molecule has 2 heterocycles. The lowest BCUT2D eigenvalue weighted by atomic mass is 9.95. The average Bonchev–Trinajstić information content (AvgIpc) is 3.32. The number of benzene rings is 2. The van der Waals surface area contributed by atoms with Crippen molar-refractivity contribution in [1.82, 2.24) is 9.88 Å². The number of nitrogens with zero attached hydrogens (tertiary/aromatic N) is 1. The van der Waals surface area contributed by atoms with Crippen LogP contribution in [0.5, 0.6) is 5.75 Å². The van der Waals surface area contributed by atoms with Gasteiger partial charge in [0.1, 0.15) is 11.5 Å². The molecule has 0 bridgehead atoms. The summed E-state index contributed by atoms with van der Waals surface area (Å²) in [4.78, 5) is 30.9. The lowest BCUT2D eigenvalue weighted by Crippen LogP contribution is -2.30. The van der Waals surface area contributed by atoms with Gasteiger partial charge in [-0.05, 0) is 37.6 Å². The van der Waals surface area contributed by atoms with Crippen LogP contribution in [0.4, 0.5) is 0 Å². The summed E-state index contributed by atoms with van der Waals surface area (Å²) in [6.07, 6.45) is 3.43. The SMILES string of the molecule is CCCCN1C(=O)C(=O)/C(=C(/O)c2ccc(Cl)c(OCC)c2)C1c1c[nH]c2ccccc12. The number of H-pyrrole nitrogens is 1. The van der Waals surface area contributed by atoms with Crippen molar-refractivity contribution in [2.75, 3.05) is 13.2 Å². The molecule has 1 saturated heterocycles. The van der Waals surface area contributed by atoms with Crippen molar-refractivity contribution in [3.63, 3.8) is 0 Å². The molecular weight excluding hydrogens is 428 g/mol. The molecule has 0 spiro atoms. The maximum Gasteiger partial charge on any atom is 0.295 e. The van der Waals surface area contributed by atoms with Gasteiger partial charge in [-0.2, -0.15) is 0 Å². The van der Waals surface area contributed by atoms with E-state index in [1.54, 1.807) is 29.3 Å². The fourth-order valence-electron chi connectivity index (χ4n) is 4.15. The van der Waals surface area contributed by atoms with Gasteiger partial charge in [0.05, 0.1) is 23.2 Å². The molecule has 1 aromatic heterocycles. The van der Waals surface area contributed by atoms with Crippen LogP contribution in [0.15, 0.2) is 54.2 Å². The van der Waals surface area contributed by atoms with Crippen LogP contribution in [0, 0.1) is 0 Å². The highest BCUT2D eigenvalue weighted by Gasteiger charge is 2.46. The molecule has 1 aliphatic rings. The number of carbonyl (C=O) groups excluding carboxylic acids is 2. The molecule has 7 heteroatoms. The molecule has 166 valence electrons. The second-order valence-corrected chi connectivity index (χ2v) is 8.12. The highest BCUT2D eigenvalue weighted by molar-refractivity contribution is 6.46. The topological polar surface area (TPSA) is 82.6 Å². The minimum absolute atomic E-state index is 0.0700. The summed E-state index contributed by atoms with van der Waals surface area (Å²) in [6, 6.07) is 11.8. The summed E-state index contributed by atoms with van der Waals surface area (Å²) in [5.74, 6) is -1.13. The zero-order valence-electron chi connectivity index (χ0n) is 18.0. The van der Waals surface area contributed by atoms with E-state index in [9.17, 15) is 14.7 Å². The van der Waals surface area contributed by atoms with Gasteiger partial charge in [-0.15, -0.1) is 0 Å². The number of likely N-dealkylation sites (tertiary alicyclic amines) is 1. The summed E-state index contributed by atoms with van der Waals surface area (Å²) in [7, 11) is 0. The summed E-state index contributed by atoms with van der Waals surface area (Å²) >= 11 is 6.19. The predicted octanol–water partition coefficient (Wildman–Crippen LogP) is 5.44. The maximum absolute atomic E-state index is 13.1. The quantitative estimate of drug-likeness (QED) is 0.284. The number of nitrogens with one attached hydrogen (secondary N) is 1. The first-order chi connectivity index (χ1) is 15.5. The number of fused-ring (bicyclic) bond motifs is 1. The average molecular weight is 453 g/mol. The van der Waals surface area contributed by atoms with Crippen LogP contribution in [-0.4, -0.2) is 39.8 Å². The standard InChI is InChI=1S/C25H25ClN2O4/c1-3-5-12-28-22(17-14-27-19-9-7-6-8-16(17)19)21(24(30)25(28)31)23(29)15-10-11-18(26)20(13-15)32-4-2/h6-11,13-14,22,27,29H,3-5,12H2,1-2H3/b23-21+. The van der Waals surface area contributed by atoms with Gasteiger partial charge in [-0.25, -0.2) is 0 Å². The maximum atomic E-state index is 13.1. The number of ketones is 1. The molecule has 0 saturated carbocycles. The van der Waals surface area contributed by atoms with Gasteiger partial charge < -0.3 is 19.7 Å². The van der Waals surface area contributed by atoms with Crippen molar-refractivity contribution in [2.24, 2.45) is 0 Å². The number of carbonyl (C=O) groups is 2. The van der Waals surface area contributed by atoms with E-state index in [1.807, 2.05) is 38.1 Å². The fourth-order valence-corrected chi connectivity index (χ4v) is 4.33. The molecule has 32 heavy (non-hydrogen) atoms. The number of halogens is 1. The third-order valence-electron chi connectivity index (χ3n) is 5.71. The number of para-hydroxylation sites is 1. The van der Waals surface area contributed by atoms with Crippen LogP contribution in [0.2, 0.25) is 5.02 Å². The van der Waals surface area contributed by atoms with E-state index in [1.165, 1.54) is 0 Å². The molecule has 0 aliphatic carbocycles. The van der Waals surface area contributed by atoms with Crippen molar-refractivity contribution >= 4 is 40.0 Å². The minimum Gasteiger partial charge on any atom is -0.507 e. The summed E-state index contributed by atoms with van der Waals surface area (Å²) in [5.41, 5.74) is 2.11. The molecule has 1 aliphatic heterocycles. The Morgan fingerprint density at radius 2 is 1.97 bits per heavy atom. The number of aromatic nitrogens is 1. The Balaban J connectivity index is 1.91. The van der Waals surface area contributed by atoms with Crippen molar-refractivity contribution in [1.29, 1.82) is 0 Å².